The summed E-state index contributed by atoms with van der Waals surface area (Å²) < 4.78 is 14.0. The fourth-order valence-corrected chi connectivity index (χ4v) is 11.9. The second-order valence-corrected chi connectivity index (χ2v) is 27.5. The molecule has 6 aromatic rings. The SMILES string of the molecule is CC(C)(C)c1cc2c(O)c(c1)Cc1cc(C(C)(C)C)cc(c1OCCCSc1cc(Cl)ccc1Cl)Cc1cc(C(C)(C)C)cc(c1O)Cc1cc(C(C)(C)C)cc(c1OCCCSc1cc(Cl)ccc1Cl)C2. The largest absolute Gasteiger partial charge is 0.507 e. The van der Waals surface area contributed by atoms with Crippen molar-refractivity contribution in [3.8, 4) is 23.0 Å². The summed E-state index contributed by atoms with van der Waals surface area (Å²) in [5, 5.41) is 28.1. The van der Waals surface area contributed by atoms with E-state index in [1.54, 1.807) is 35.7 Å². The number of aromatic hydroxyl groups is 2. The van der Waals surface area contributed by atoms with E-state index >= 15 is 0 Å². The summed E-state index contributed by atoms with van der Waals surface area (Å²) in [6, 6.07) is 28.9. The quantitative estimate of drug-likeness (QED) is 0.0939. The zero-order valence-electron chi connectivity index (χ0n) is 44.2. The Morgan fingerprint density at radius 3 is 0.931 bits per heavy atom. The van der Waals surface area contributed by atoms with Crippen LogP contribution in [0.25, 0.3) is 0 Å². The van der Waals surface area contributed by atoms with Crippen molar-refractivity contribution < 1.29 is 19.7 Å². The Kier molecular flexibility index (Phi) is 17.7. The minimum Gasteiger partial charge on any atom is -0.507 e. The summed E-state index contributed by atoms with van der Waals surface area (Å²) in [6.07, 6.45) is 3.26. The number of hydrogen-bond donors (Lipinski definition) is 2. The minimum absolute atomic E-state index is 0.207. The first-order valence-electron chi connectivity index (χ1n) is 25.1. The van der Waals surface area contributed by atoms with Crippen molar-refractivity contribution in [1.29, 1.82) is 0 Å². The van der Waals surface area contributed by atoms with E-state index in [0.717, 1.165) is 112 Å². The Morgan fingerprint density at radius 2 is 0.667 bits per heavy atom. The van der Waals surface area contributed by atoms with Crippen LogP contribution in [0, 0.1) is 0 Å². The van der Waals surface area contributed by atoms with Gasteiger partial charge in [-0.1, -0.05) is 178 Å². The summed E-state index contributed by atoms with van der Waals surface area (Å²) >= 11 is 29.1. The van der Waals surface area contributed by atoms with Gasteiger partial charge in [0.2, 0.25) is 0 Å². The minimum atomic E-state index is -0.217. The van der Waals surface area contributed by atoms with Gasteiger partial charge >= 0.3 is 0 Å². The van der Waals surface area contributed by atoms with E-state index in [2.05, 4.69) is 132 Å². The predicted molar refractivity (Wildman–Crippen MR) is 310 cm³/mol. The molecular weight excluding hydrogens is 1010 g/mol. The topological polar surface area (TPSA) is 58.9 Å². The Bertz CT molecular complexity index is 2640. The maximum atomic E-state index is 12.7. The highest BCUT2D eigenvalue weighted by molar-refractivity contribution is 7.99. The Labute approximate surface area is 458 Å². The molecule has 6 aromatic carbocycles. The molecule has 8 bridgehead atoms. The lowest BCUT2D eigenvalue weighted by molar-refractivity contribution is 0.312. The van der Waals surface area contributed by atoms with Crippen LogP contribution in [0.4, 0.5) is 0 Å². The van der Waals surface area contributed by atoms with Crippen molar-refractivity contribution >= 4 is 69.9 Å². The molecule has 0 saturated carbocycles. The van der Waals surface area contributed by atoms with Crippen LogP contribution in [-0.4, -0.2) is 34.9 Å². The highest BCUT2D eigenvalue weighted by atomic mass is 35.5. The van der Waals surface area contributed by atoms with Gasteiger partial charge in [0.05, 0.1) is 23.3 Å². The monoisotopic (exact) mass is 1080 g/mol. The maximum absolute atomic E-state index is 12.7. The molecule has 0 radical (unpaired) electrons. The second-order valence-electron chi connectivity index (χ2n) is 23.5. The molecule has 0 fully saturated rings. The third kappa shape index (κ3) is 14.0. The van der Waals surface area contributed by atoms with Crippen LogP contribution in [0.2, 0.25) is 20.1 Å². The van der Waals surface area contributed by atoms with Crippen LogP contribution in [0.15, 0.2) is 94.7 Å². The summed E-state index contributed by atoms with van der Waals surface area (Å²) in [4.78, 5) is 1.88. The third-order valence-corrected chi connectivity index (χ3v) is 17.0. The molecule has 0 atom stereocenters. The summed E-state index contributed by atoms with van der Waals surface area (Å²) in [7, 11) is 0. The molecule has 4 nitrogen and oxygen atoms in total. The Balaban J connectivity index is 1.40. The number of thioether (sulfide) groups is 2. The van der Waals surface area contributed by atoms with E-state index in [4.69, 9.17) is 55.9 Å². The van der Waals surface area contributed by atoms with Crippen LogP contribution in [0.3, 0.4) is 0 Å². The average molecular weight is 1090 g/mol. The van der Waals surface area contributed by atoms with Crippen molar-refractivity contribution in [2.24, 2.45) is 0 Å². The Hall–Kier alpha value is -3.62. The fraction of sp³-hybridized carbons (Fsp3) is 0.419. The number of halogens is 4. The number of ether oxygens (including phenoxy) is 2. The van der Waals surface area contributed by atoms with Crippen molar-refractivity contribution in [2.75, 3.05) is 24.7 Å². The van der Waals surface area contributed by atoms with Gasteiger partial charge in [0, 0.05) is 57.0 Å². The van der Waals surface area contributed by atoms with Gasteiger partial charge < -0.3 is 19.7 Å². The molecule has 1 aliphatic rings. The predicted octanol–water partition coefficient (Wildman–Crippen LogP) is 18.7. The van der Waals surface area contributed by atoms with Gasteiger partial charge in [0.1, 0.15) is 23.0 Å². The highest BCUT2D eigenvalue weighted by Gasteiger charge is 2.29. The maximum Gasteiger partial charge on any atom is 0.126 e. The number of hydrogen-bond acceptors (Lipinski definition) is 6. The molecule has 0 aliphatic heterocycles. The highest BCUT2D eigenvalue weighted by Crippen LogP contribution is 2.44. The van der Waals surface area contributed by atoms with E-state index in [1.807, 2.05) is 24.3 Å². The van der Waals surface area contributed by atoms with Crippen molar-refractivity contribution in [3.05, 3.63) is 172 Å². The Morgan fingerprint density at radius 1 is 0.403 bits per heavy atom. The molecule has 0 spiro atoms. The van der Waals surface area contributed by atoms with Crippen LogP contribution in [-0.2, 0) is 47.3 Å². The van der Waals surface area contributed by atoms with Gasteiger partial charge in [-0.2, -0.15) is 0 Å². The molecule has 7 rings (SSSR count). The molecule has 0 amide bonds. The summed E-state index contributed by atoms with van der Waals surface area (Å²) in [6.45, 7) is 27.7. The normalized spacial score (nSPS) is 13.3. The first-order chi connectivity index (χ1) is 33.6. The molecular formula is C62H72Cl4O4S2. The molecule has 384 valence electrons. The van der Waals surface area contributed by atoms with Crippen LogP contribution in [0.1, 0.15) is 163 Å². The first kappa shape index (κ1) is 56.1. The third-order valence-electron chi connectivity index (χ3n) is 13.4. The molecule has 0 aromatic heterocycles. The van der Waals surface area contributed by atoms with Crippen molar-refractivity contribution in [2.45, 2.75) is 153 Å². The van der Waals surface area contributed by atoms with Crippen LogP contribution >= 0.6 is 69.9 Å². The lowest BCUT2D eigenvalue weighted by atomic mass is 9.79. The molecule has 1 aliphatic carbocycles. The van der Waals surface area contributed by atoms with Gasteiger partial charge in [-0.25, -0.2) is 0 Å². The molecule has 0 unspecified atom stereocenters. The molecule has 0 heterocycles. The van der Waals surface area contributed by atoms with Crippen molar-refractivity contribution in [3.63, 3.8) is 0 Å². The molecule has 10 heteroatoms. The molecule has 2 N–H and O–H groups in total. The number of rotatable bonds is 12. The van der Waals surface area contributed by atoms with E-state index in [0.29, 0.717) is 59.0 Å². The zero-order chi connectivity index (χ0) is 52.5. The van der Waals surface area contributed by atoms with E-state index < -0.39 is 0 Å². The first-order valence-corrected chi connectivity index (χ1v) is 28.6. The van der Waals surface area contributed by atoms with E-state index in [-0.39, 0.29) is 33.2 Å². The van der Waals surface area contributed by atoms with Gasteiger partial charge in [-0.05, 0) is 138 Å². The second kappa shape index (κ2) is 22.7. The zero-order valence-corrected chi connectivity index (χ0v) is 48.8. The standard InChI is InChI=1S/C62H72Cl4O4S2/c1-59(2,3)45-27-37-23-41-31-47(61(7,8)9)33-43(57(41)69-19-13-21-71-53-35-49(63)15-17-51(53)65)25-39-29-46(60(4,5)6)30-40(56(39)68)26-44-34-48(62(10,11)12)32-42(24-38(28-45)55(37)67)58(44)70-20-14-22-72-54-36-50(64)16-18-52(54)66/h15-18,27-36,67-68H,13-14,19-26H2,1-12H3. The summed E-state index contributed by atoms with van der Waals surface area (Å²) in [5.41, 5.74) is 11.1. The van der Waals surface area contributed by atoms with Gasteiger partial charge in [0.15, 0.2) is 0 Å². The average Bonchev–Trinajstić information content (AvgIpc) is 3.27. The number of fused-ring (bicyclic) bond motifs is 8. The lowest BCUT2D eigenvalue weighted by Crippen LogP contribution is -2.17. The number of benzene rings is 6. The number of phenols is 2. The van der Waals surface area contributed by atoms with Crippen LogP contribution in [0.5, 0.6) is 23.0 Å². The van der Waals surface area contributed by atoms with Gasteiger partial charge in [-0.3, -0.25) is 0 Å². The summed E-state index contributed by atoms with van der Waals surface area (Å²) in [5.74, 6) is 3.69. The smallest absolute Gasteiger partial charge is 0.126 e. The van der Waals surface area contributed by atoms with E-state index in [9.17, 15) is 10.2 Å². The number of phenolic OH excluding ortho intramolecular Hbond substituents is 2. The van der Waals surface area contributed by atoms with E-state index in [1.165, 1.54) is 0 Å². The van der Waals surface area contributed by atoms with Gasteiger partial charge in [0.25, 0.3) is 0 Å². The van der Waals surface area contributed by atoms with Crippen molar-refractivity contribution in [1.82, 2.24) is 0 Å². The molecule has 0 saturated heterocycles. The lowest BCUT2D eigenvalue weighted by Gasteiger charge is -2.28. The molecule has 72 heavy (non-hydrogen) atoms. The van der Waals surface area contributed by atoms with Crippen LogP contribution < -0.4 is 9.47 Å². The van der Waals surface area contributed by atoms with Gasteiger partial charge in [-0.15, -0.1) is 23.5 Å². The fourth-order valence-electron chi connectivity index (χ4n) is 9.02.